The molecular weight excluding hydrogens is 426 g/mol. The van der Waals surface area contributed by atoms with Crippen LogP contribution in [0.3, 0.4) is 0 Å². The number of nitrogens with zero attached hydrogens (tertiary/aromatic N) is 1. The number of urea groups is 1. The van der Waals surface area contributed by atoms with Crippen LogP contribution in [0.15, 0.2) is 72.8 Å². The van der Waals surface area contributed by atoms with Crippen molar-refractivity contribution in [2.45, 2.75) is 31.2 Å². The molecule has 0 aromatic heterocycles. The van der Waals surface area contributed by atoms with Crippen molar-refractivity contribution in [3.63, 3.8) is 0 Å². The van der Waals surface area contributed by atoms with E-state index in [4.69, 9.17) is 0 Å². The van der Waals surface area contributed by atoms with E-state index in [2.05, 4.69) is 28.8 Å². The van der Waals surface area contributed by atoms with E-state index in [0.717, 1.165) is 48.3 Å². The maximum absolute atomic E-state index is 12.8. The molecule has 2 unspecified atom stereocenters. The van der Waals surface area contributed by atoms with Crippen molar-refractivity contribution >= 4 is 17.7 Å². The van der Waals surface area contributed by atoms with Gasteiger partial charge in [0, 0.05) is 18.2 Å². The lowest BCUT2D eigenvalue weighted by atomic mass is 9.87. The van der Waals surface area contributed by atoms with E-state index in [1.54, 1.807) is 0 Å². The predicted octanol–water partition coefficient (Wildman–Crippen LogP) is 4.25. The average Bonchev–Trinajstić information content (AvgIpc) is 3.08. The number of hydrogen-bond donors (Lipinski definition) is 3. The number of anilines is 1. The Morgan fingerprint density at radius 2 is 1.65 bits per heavy atom. The molecule has 0 aliphatic carbocycles. The molecule has 0 bridgehead atoms. The number of amides is 2. The minimum Gasteiger partial charge on any atom is -0.481 e. The Kier molecular flexibility index (Phi) is 6.32. The Hall–Kier alpha value is -3.64. The zero-order chi connectivity index (χ0) is 23.5. The van der Waals surface area contributed by atoms with Gasteiger partial charge in [-0.3, -0.25) is 9.69 Å². The molecule has 1 fully saturated rings. The Labute approximate surface area is 199 Å². The lowest BCUT2D eigenvalue weighted by molar-refractivity contribution is -0.137. The minimum atomic E-state index is -0.826. The first kappa shape index (κ1) is 22.2. The Morgan fingerprint density at radius 3 is 2.38 bits per heavy atom. The largest absolute Gasteiger partial charge is 0.481 e. The highest BCUT2D eigenvalue weighted by atomic mass is 16.4. The van der Waals surface area contributed by atoms with E-state index in [9.17, 15) is 14.7 Å². The van der Waals surface area contributed by atoms with Gasteiger partial charge in [-0.15, -0.1) is 0 Å². The topological polar surface area (TPSA) is 81.7 Å². The van der Waals surface area contributed by atoms with Gasteiger partial charge in [-0.05, 0) is 65.9 Å². The summed E-state index contributed by atoms with van der Waals surface area (Å²) in [7, 11) is 0. The van der Waals surface area contributed by atoms with Gasteiger partial charge in [-0.1, -0.05) is 60.7 Å². The first-order chi connectivity index (χ1) is 16.6. The van der Waals surface area contributed by atoms with Crippen LogP contribution in [0.4, 0.5) is 10.5 Å². The van der Waals surface area contributed by atoms with Crippen LogP contribution in [0.1, 0.15) is 46.2 Å². The molecular formula is C28H29N3O3. The number of hydrogen-bond acceptors (Lipinski definition) is 3. The summed E-state index contributed by atoms with van der Waals surface area (Å²) in [5, 5.41) is 15.9. The van der Waals surface area contributed by atoms with Gasteiger partial charge < -0.3 is 15.7 Å². The van der Waals surface area contributed by atoms with E-state index in [0.29, 0.717) is 6.54 Å². The van der Waals surface area contributed by atoms with Crippen molar-refractivity contribution in [1.29, 1.82) is 0 Å². The molecule has 0 radical (unpaired) electrons. The van der Waals surface area contributed by atoms with Crippen molar-refractivity contribution < 1.29 is 14.7 Å². The summed E-state index contributed by atoms with van der Waals surface area (Å²) >= 11 is 0. The van der Waals surface area contributed by atoms with E-state index in [-0.39, 0.29) is 24.4 Å². The normalized spacial score (nSPS) is 18.6. The van der Waals surface area contributed by atoms with Gasteiger partial charge in [0.2, 0.25) is 0 Å². The molecule has 2 aliphatic rings. The van der Waals surface area contributed by atoms with Gasteiger partial charge in [-0.25, -0.2) is 4.79 Å². The number of nitrogens with one attached hydrogen (secondary N) is 2. The van der Waals surface area contributed by atoms with Gasteiger partial charge in [0.25, 0.3) is 0 Å². The Morgan fingerprint density at radius 1 is 0.941 bits per heavy atom. The van der Waals surface area contributed by atoms with Crippen LogP contribution in [-0.2, 0) is 17.6 Å². The molecule has 6 nitrogen and oxygen atoms in total. The average molecular weight is 456 g/mol. The molecule has 0 spiro atoms. The van der Waals surface area contributed by atoms with Crippen molar-refractivity contribution in [3.8, 4) is 0 Å². The number of benzene rings is 3. The number of rotatable bonds is 6. The minimum absolute atomic E-state index is 0.0307. The number of fused-ring (bicyclic) bond motifs is 1. The van der Waals surface area contributed by atoms with Crippen LogP contribution in [0.25, 0.3) is 0 Å². The van der Waals surface area contributed by atoms with Crippen molar-refractivity contribution in [2.24, 2.45) is 0 Å². The lowest BCUT2D eigenvalue weighted by Gasteiger charge is -2.25. The second-order valence-electron chi connectivity index (χ2n) is 9.00. The smallest absolute Gasteiger partial charge is 0.322 e. The van der Waals surface area contributed by atoms with E-state index in [1.807, 2.05) is 59.5 Å². The third-order valence-electron chi connectivity index (χ3n) is 6.89. The SMILES string of the molecule is O=C(O)CC(c1ccccc1)c1ccc(C2CNC(=O)N2c2ccc3c(c2)CCNCC3)cc1. The maximum atomic E-state index is 12.8. The molecule has 6 heteroatoms. The van der Waals surface area contributed by atoms with Crippen molar-refractivity contribution in [2.75, 3.05) is 24.5 Å². The van der Waals surface area contributed by atoms with Gasteiger partial charge >= 0.3 is 12.0 Å². The fourth-order valence-electron chi connectivity index (χ4n) is 5.11. The number of carbonyl (C=O) groups is 2. The van der Waals surface area contributed by atoms with Gasteiger partial charge in [0.15, 0.2) is 0 Å². The standard InChI is InChI=1S/C28H29N3O3/c32-27(33)17-25(20-4-2-1-3-5-20)21-6-8-22(9-7-21)26-18-30-28(34)31(26)24-11-10-19-12-14-29-15-13-23(19)16-24/h1-11,16,25-26,29H,12-15,17-18H2,(H,30,34)(H,32,33). The first-order valence-electron chi connectivity index (χ1n) is 11.9. The van der Waals surface area contributed by atoms with Gasteiger partial charge in [0.1, 0.15) is 0 Å². The van der Waals surface area contributed by atoms with Crippen LogP contribution in [0, 0.1) is 0 Å². The number of carbonyl (C=O) groups excluding carboxylic acids is 1. The summed E-state index contributed by atoms with van der Waals surface area (Å²) in [5.74, 6) is -1.04. The first-order valence-corrected chi connectivity index (χ1v) is 11.9. The van der Waals surface area contributed by atoms with Crippen LogP contribution >= 0.6 is 0 Å². The molecule has 2 atom stereocenters. The summed E-state index contributed by atoms with van der Waals surface area (Å²) in [6, 6.07) is 23.9. The van der Waals surface area contributed by atoms with E-state index >= 15 is 0 Å². The molecule has 3 aromatic carbocycles. The fourth-order valence-corrected chi connectivity index (χ4v) is 5.11. The summed E-state index contributed by atoms with van der Waals surface area (Å²) < 4.78 is 0. The molecule has 3 aromatic rings. The fraction of sp³-hybridized carbons (Fsp3) is 0.286. The molecule has 5 rings (SSSR count). The highest BCUT2D eigenvalue weighted by molar-refractivity contribution is 5.95. The summed E-state index contributed by atoms with van der Waals surface area (Å²) in [5.41, 5.74) is 6.53. The van der Waals surface area contributed by atoms with Crippen LogP contribution in [-0.4, -0.2) is 36.7 Å². The molecule has 1 saturated heterocycles. The van der Waals surface area contributed by atoms with E-state index in [1.165, 1.54) is 11.1 Å². The summed E-state index contributed by atoms with van der Waals surface area (Å²) in [4.78, 5) is 26.2. The molecule has 34 heavy (non-hydrogen) atoms. The quantitative estimate of drug-likeness (QED) is 0.519. The highest BCUT2D eigenvalue weighted by Crippen LogP contribution is 2.34. The van der Waals surface area contributed by atoms with Gasteiger partial charge in [0.05, 0.1) is 12.5 Å². The molecule has 2 heterocycles. The lowest BCUT2D eigenvalue weighted by Crippen LogP contribution is -2.29. The predicted molar refractivity (Wildman–Crippen MR) is 132 cm³/mol. The monoisotopic (exact) mass is 455 g/mol. The zero-order valence-electron chi connectivity index (χ0n) is 19.0. The number of carboxylic acid groups (broad SMARTS) is 1. The van der Waals surface area contributed by atoms with E-state index < -0.39 is 5.97 Å². The number of aliphatic carboxylic acids is 1. The molecule has 2 amide bonds. The zero-order valence-corrected chi connectivity index (χ0v) is 19.0. The van der Waals surface area contributed by atoms with Crippen molar-refractivity contribution in [3.05, 3.63) is 101 Å². The Balaban J connectivity index is 1.42. The van der Waals surface area contributed by atoms with Crippen LogP contribution in [0.2, 0.25) is 0 Å². The van der Waals surface area contributed by atoms with Gasteiger partial charge in [-0.2, -0.15) is 0 Å². The number of carboxylic acids is 1. The van der Waals surface area contributed by atoms with Crippen LogP contribution in [0.5, 0.6) is 0 Å². The third-order valence-corrected chi connectivity index (χ3v) is 6.89. The van der Waals surface area contributed by atoms with Crippen LogP contribution < -0.4 is 15.5 Å². The summed E-state index contributed by atoms with van der Waals surface area (Å²) in [6.07, 6.45) is 2.00. The third kappa shape index (κ3) is 4.54. The highest BCUT2D eigenvalue weighted by Gasteiger charge is 2.33. The molecule has 174 valence electrons. The molecule has 2 aliphatic heterocycles. The maximum Gasteiger partial charge on any atom is 0.322 e. The second kappa shape index (κ2) is 9.69. The second-order valence-corrected chi connectivity index (χ2v) is 9.00. The summed E-state index contributed by atoms with van der Waals surface area (Å²) in [6.45, 7) is 2.47. The Bertz CT molecular complexity index is 1180. The molecule has 0 saturated carbocycles. The molecule has 3 N–H and O–H groups in total. The van der Waals surface area contributed by atoms with Crippen molar-refractivity contribution in [1.82, 2.24) is 10.6 Å².